The molecule has 142 valence electrons. The summed E-state index contributed by atoms with van der Waals surface area (Å²) in [6, 6.07) is 15.6. The number of anilines is 1. The van der Waals surface area contributed by atoms with Crippen LogP contribution in [0, 0.1) is 0 Å². The molecule has 2 rings (SSSR count). The summed E-state index contributed by atoms with van der Waals surface area (Å²) in [6.07, 6.45) is -1.03. The summed E-state index contributed by atoms with van der Waals surface area (Å²) in [4.78, 5) is 36.0. The van der Waals surface area contributed by atoms with Crippen molar-refractivity contribution in [2.24, 2.45) is 0 Å². The number of nitrogens with one attached hydrogen (secondary N) is 1. The van der Waals surface area contributed by atoms with Gasteiger partial charge < -0.3 is 14.8 Å². The fourth-order valence-corrected chi connectivity index (χ4v) is 2.39. The predicted octanol–water partition coefficient (Wildman–Crippen LogP) is 3.62. The van der Waals surface area contributed by atoms with Crippen LogP contribution in [-0.2, 0) is 14.3 Å². The van der Waals surface area contributed by atoms with Gasteiger partial charge in [0.1, 0.15) is 5.75 Å². The predicted molar refractivity (Wildman–Crippen MR) is 102 cm³/mol. The zero-order valence-corrected chi connectivity index (χ0v) is 15.4. The molecule has 0 radical (unpaired) electrons. The Kier molecular flexibility index (Phi) is 7.55. The Morgan fingerprint density at radius 3 is 2.26 bits per heavy atom. The minimum Gasteiger partial charge on any atom is -0.494 e. The highest BCUT2D eigenvalue weighted by Crippen LogP contribution is 2.16. The maximum Gasteiger partial charge on any atom is 0.307 e. The van der Waals surface area contributed by atoms with E-state index in [-0.39, 0.29) is 24.5 Å². The van der Waals surface area contributed by atoms with Crippen molar-refractivity contribution in [3.63, 3.8) is 0 Å². The third-order valence-corrected chi connectivity index (χ3v) is 3.74. The summed E-state index contributed by atoms with van der Waals surface area (Å²) in [5.74, 6) is -0.453. The van der Waals surface area contributed by atoms with Gasteiger partial charge in [-0.3, -0.25) is 14.4 Å². The minimum absolute atomic E-state index is 0.0295. The number of Topliss-reactive ketones (excluding diaryl/α,β-unsaturated/α-hetero) is 1. The van der Waals surface area contributed by atoms with Gasteiger partial charge in [-0.1, -0.05) is 30.3 Å². The number of hydrogen-bond donors (Lipinski definition) is 1. The van der Waals surface area contributed by atoms with E-state index in [1.165, 1.54) is 6.92 Å². The van der Waals surface area contributed by atoms with Crippen LogP contribution in [-0.4, -0.2) is 30.4 Å². The van der Waals surface area contributed by atoms with Crippen molar-refractivity contribution in [2.45, 2.75) is 32.8 Å². The van der Waals surface area contributed by atoms with Crippen LogP contribution in [0.3, 0.4) is 0 Å². The molecule has 1 amide bonds. The third-order valence-electron chi connectivity index (χ3n) is 3.74. The molecule has 1 atom stereocenters. The number of ketones is 1. The van der Waals surface area contributed by atoms with Crippen LogP contribution in [0.1, 0.15) is 37.0 Å². The molecular weight excluding hydrogens is 346 g/mol. The van der Waals surface area contributed by atoms with Crippen LogP contribution in [0.4, 0.5) is 5.69 Å². The topological polar surface area (TPSA) is 81.7 Å². The Morgan fingerprint density at radius 2 is 1.63 bits per heavy atom. The number of esters is 1. The van der Waals surface area contributed by atoms with E-state index < -0.39 is 12.1 Å². The summed E-state index contributed by atoms with van der Waals surface area (Å²) in [7, 11) is 0. The molecule has 0 aliphatic heterocycles. The average molecular weight is 369 g/mol. The van der Waals surface area contributed by atoms with Crippen molar-refractivity contribution in [3.05, 3.63) is 60.2 Å². The molecular formula is C21H23NO5. The Bertz CT molecular complexity index is 771. The molecule has 27 heavy (non-hydrogen) atoms. The van der Waals surface area contributed by atoms with E-state index in [9.17, 15) is 14.4 Å². The van der Waals surface area contributed by atoms with E-state index in [2.05, 4.69) is 5.32 Å². The van der Waals surface area contributed by atoms with Crippen LogP contribution in [0.2, 0.25) is 0 Å². The van der Waals surface area contributed by atoms with Crippen molar-refractivity contribution in [1.82, 2.24) is 0 Å². The van der Waals surface area contributed by atoms with Crippen molar-refractivity contribution < 1.29 is 23.9 Å². The Morgan fingerprint density at radius 1 is 0.963 bits per heavy atom. The van der Waals surface area contributed by atoms with Gasteiger partial charge in [-0.15, -0.1) is 0 Å². The second kappa shape index (κ2) is 10.1. The smallest absolute Gasteiger partial charge is 0.307 e. The van der Waals surface area contributed by atoms with Crippen molar-refractivity contribution in [1.29, 1.82) is 0 Å². The number of ether oxygens (including phenoxy) is 2. The standard InChI is InChI=1S/C21H23NO5/c1-3-26-18-11-9-17(10-12-18)22-19(23)13-14-20(24)27-15(2)21(25)16-7-5-4-6-8-16/h4-12,15H,3,13-14H2,1-2H3,(H,22,23)/t15-/m1/s1. The first-order valence-corrected chi connectivity index (χ1v) is 8.81. The van der Waals surface area contributed by atoms with E-state index in [1.54, 1.807) is 54.6 Å². The summed E-state index contributed by atoms with van der Waals surface area (Å²) in [5, 5.41) is 2.70. The van der Waals surface area contributed by atoms with E-state index >= 15 is 0 Å². The number of carbonyl (C=O) groups is 3. The highest BCUT2D eigenvalue weighted by Gasteiger charge is 2.19. The first-order chi connectivity index (χ1) is 13.0. The molecule has 2 aromatic rings. The molecule has 0 unspecified atom stereocenters. The summed E-state index contributed by atoms with van der Waals surface area (Å²) in [6.45, 7) is 3.98. The molecule has 0 fully saturated rings. The van der Waals surface area contributed by atoms with Crippen molar-refractivity contribution in [3.8, 4) is 5.75 Å². The lowest BCUT2D eigenvalue weighted by Gasteiger charge is -2.12. The van der Waals surface area contributed by atoms with Gasteiger partial charge in [0.25, 0.3) is 0 Å². The molecule has 2 aromatic carbocycles. The Balaban J connectivity index is 1.75. The summed E-state index contributed by atoms with van der Waals surface area (Å²) < 4.78 is 10.5. The average Bonchev–Trinajstić information content (AvgIpc) is 2.68. The largest absolute Gasteiger partial charge is 0.494 e. The molecule has 0 aromatic heterocycles. The van der Waals surface area contributed by atoms with Crippen LogP contribution in [0.5, 0.6) is 5.75 Å². The molecule has 0 heterocycles. The number of rotatable bonds is 9. The molecule has 6 nitrogen and oxygen atoms in total. The highest BCUT2D eigenvalue weighted by molar-refractivity contribution is 6.00. The quantitative estimate of drug-likeness (QED) is 0.539. The second-order valence-electron chi connectivity index (χ2n) is 5.87. The number of hydrogen-bond acceptors (Lipinski definition) is 5. The van der Waals surface area contributed by atoms with Gasteiger partial charge >= 0.3 is 5.97 Å². The lowest BCUT2D eigenvalue weighted by molar-refractivity contribution is -0.147. The second-order valence-corrected chi connectivity index (χ2v) is 5.87. The molecule has 0 spiro atoms. The SMILES string of the molecule is CCOc1ccc(NC(=O)CCC(=O)O[C@H](C)C(=O)c2ccccc2)cc1. The molecule has 0 saturated carbocycles. The Labute approximate surface area is 158 Å². The van der Waals surface area contributed by atoms with Crippen LogP contribution < -0.4 is 10.1 Å². The first-order valence-electron chi connectivity index (χ1n) is 8.81. The van der Waals surface area contributed by atoms with Crippen LogP contribution in [0.15, 0.2) is 54.6 Å². The van der Waals surface area contributed by atoms with Crippen molar-refractivity contribution >= 4 is 23.3 Å². The van der Waals surface area contributed by atoms with Gasteiger partial charge in [0.05, 0.1) is 13.0 Å². The molecule has 0 bridgehead atoms. The third kappa shape index (κ3) is 6.58. The lowest BCUT2D eigenvalue weighted by atomic mass is 10.1. The summed E-state index contributed by atoms with van der Waals surface area (Å²) >= 11 is 0. The fourth-order valence-electron chi connectivity index (χ4n) is 2.39. The number of benzene rings is 2. The maximum atomic E-state index is 12.2. The normalized spacial score (nSPS) is 11.3. The van der Waals surface area contributed by atoms with E-state index in [4.69, 9.17) is 9.47 Å². The zero-order chi connectivity index (χ0) is 19.6. The van der Waals surface area contributed by atoms with E-state index in [0.29, 0.717) is 17.9 Å². The molecule has 0 aliphatic carbocycles. The molecule has 1 N–H and O–H groups in total. The number of amides is 1. The van der Waals surface area contributed by atoms with Crippen LogP contribution in [0.25, 0.3) is 0 Å². The van der Waals surface area contributed by atoms with Gasteiger partial charge in [-0.2, -0.15) is 0 Å². The van der Waals surface area contributed by atoms with Crippen LogP contribution >= 0.6 is 0 Å². The number of carbonyl (C=O) groups excluding carboxylic acids is 3. The monoisotopic (exact) mass is 369 g/mol. The van der Waals surface area contributed by atoms with Gasteiger partial charge in [0.15, 0.2) is 6.10 Å². The molecule has 6 heteroatoms. The zero-order valence-electron chi connectivity index (χ0n) is 15.4. The molecule has 0 saturated heterocycles. The van der Waals surface area contributed by atoms with Gasteiger partial charge in [-0.25, -0.2) is 0 Å². The van der Waals surface area contributed by atoms with Crippen molar-refractivity contribution in [2.75, 3.05) is 11.9 Å². The minimum atomic E-state index is -0.894. The highest BCUT2D eigenvalue weighted by atomic mass is 16.5. The van der Waals surface area contributed by atoms with Gasteiger partial charge in [0, 0.05) is 17.7 Å². The van der Waals surface area contributed by atoms with E-state index in [1.807, 2.05) is 6.92 Å². The fraction of sp³-hybridized carbons (Fsp3) is 0.286. The Hall–Kier alpha value is -3.15. The van der Waals surface area contributed by atoms with Gasteiger partial charge in [-0.05, 0) is 38.1 Å². The maximum absolute atomic E-state index is 12.2. The molecule has 0 aliphatic rings. The van der Waals surface area contributed by atoms with E-state index in [0.717, 1.165) is 5.75 Å². The summed E-state index contributed by atoms with van der Waals surface area (Å²) in [5.41, 5.74) is 1.09. The first kappa shape index (κ1) is 20.2. The lowest BCUT2D eigenvalue weighted by Crippen LogP contribution is -2.25. The van der Waals surface area contributed by atoms with Gasteiger partial charge in [0.2, 0.25) is 11.7 Å².